The first-order chi connectivity index (χ1) is 9.90. The molecular formula is C16H11BrFNO2. The summed E-state index contributed by atoms with van der Waals surface area (Å²) in [7, 11) is 0. The molecule has 0 N–H and O–H groups in total. The summed E-state index contributed by atoms with van der Waals surface area (Å²) in [4.78, 5) is 26.1. The number of aryl methyl sites for hydroxylation is 2. The summed E-state index contributed by atoms with van der Waals surface area (Å²) in [5.74, 6) is -1.18. The Kier molecular flexibility index (Phi) is 3.17. The first-order valence-corrected chi connectivity index (χ1v) is 7.14. The zero-order chi connectivity index (χ0) is 15.3. The Hall–Kier alpha value is -2.01. The number of benzene rings is 2. The number of nitrogens with zero attached hydrogens (tertiary/aromatic N) is 1. The molecule has 106 valence electrons. The third-order valence-corrected chi connectivity index (χ3v) is 4.13. The second-order valence-electron chi connectivity index (χ2n) is 5.05. The van der Waals surface area contributed by atoms with E-state index in [1.54, 1.807) is 25.1 Å². The number of anilines is 1. The third kappa shape index (κ3) is 2.08. The second-order valence-corrected chi connectivity index (χ2v) is 5.90. The molecule has 3 rings (SSSR count). The van der Waals surface area contributed by atoms with Crippen LogP contribution < -0.4 is 4.90 Å². The number of imide groups is 1. The topological polar surface area (TPSA) is 37.4 Å². The van der Waals surface area contributed by atoms with Crippen LogP contribution in [0, 0.1) is 19.7 Å². The summed E-state index contributed by atoms with van der Waals surface area (Å²) in [6.45, 7) is 3.53. The highest BCUT2D eigenvalue weighted by Gasteiger charge is 2.37. The molecule has 0 radical (unpaired) electrons. The van der Waals surface area contributed by atoms with Gasteiger partial charge in [0.1, 0.15) is 5.82 Å². The van der Waals surface area contributed by atoms with Crippen LogP contribution in [-0.2, 0) is 0 Å². The van der Waals surface area contributed by atoms with Gasteiger partial charge in [0.25, 0.3) is 11.8 Å². The van der Waals surface area contributed by atoms with Gasteiger partial charge in [0.2, 0.25) is 0 Å². The normalized spacial score (nSPS) is 13.8. The number of carbonyl (C=O) groups excluding carboxylic acids is 2. The summed E-state index contributed by atoms with van der Waals surface area (Å²) < 4.78 is 13.7. The van der Waals surface area contributed by atoms with Crippen molar-refractivity contribution in [2.45, 2.75) is 13.8 Å². The number of hydrogen-bond donors (Lipinski definition) is 0. The minimum absolute atomic E-state index is 0.218. The van der Waals surface area contributed by atoms with Crippen molar-refractivity contribution in [3.05, 3.63) is 62.9 Å². The smallest absolute Gasteiger partial charge is 0.266 e. The van der Waals surface area contributed by atoms with Gasteiger partial charge in [-0.3, -0.25) is 9.59 Å². The summed E-state index contributed by atoms with van der Waals surface area (Å²) in [6.07, 6.45) is 0. The maximum atomic E-state index is 13.5. The molecule has 0 unspecified atom stereocenters. The van der Waals surface area contributed by atoms with Crippen LogP contribution in [0.15, 0.2) is 34.8 Å². The Morgan fingerprint density at radius 3 is 2.38 bits per heavy atom. The number of hydrogen-bond acceptors (Lipinski definition) is 2. The summed E-state index contributed by atoms with van der Waals surface area (Å²) in [5, 5.41) is 0. The SMILES string of the molecule is Cc1ccc2c(c1)C(=O)N(c1cc(Br)c(F)cc1C)C2=O. The fourth-order valence-corrected chi connectivity index (χ4v) is 2.78. The van der Waals surface area contributed by atoms with Crippen LogP contribution in [0.5, 0.6) is 0 Å². The lowest BCUT2D eigenvalue weighted by molar-refractivity contribution is 0.0926. The van der Waals surface area contributed by atoms with Gasteiger partial charge in [-0.25, -0.2) is 9.29 Å². The van der Waals surface area contributed by atoms with Crippen LogP contribution >= 0.6 is 15.9 Å². The van der Waals surface area contributed by atoms with Crippen molar-refractivity contribution < 1.29 is 14.0 Å². The first-order valence-electron chi connectivity index (χ1n) is 6.35. The lowest BCUT2D eigenvalue weighted by atomic mass is 10.1. The lowest BCUT2D eigenvalue weighted by Gasteiger charge is -2.17. The maximum Gasteiger partial charge on any atom is 0.266 e. The first kappa shape index (κ1) is 13.9. The van der Waals surface area contributed by atoms with Gasteiger partial charge in [0.05, 0.1) is 21.3 Å². The molecule has 0 bridgehead atoms. The van der Waals surface area contributed by atoms with E-state index in [1.807, 2.05) is 6.92 Å². The number of amides is 2. The number of carbonyl (C=O) groups is 2. The van der Waals surface area contributed by atoms with E-state index in [1.165, 1.54) is 12.1 Å². The van der Waals surface area contributed by atoms with E-state index < -0.39 is 5.82 Å². The van der Waals surface area contributed by atoms with Crippen LogP contribution in [0.25, 0.3) is 0 Å². The molecule has 0 fully saturated rings. The second kappa shape index (κ2) is 4.77. The predicted molar refractivity (Wildman–Crippen MR) is 81.2 cm³/mol. The Morgan fingerprint density at radius 1 is 1.00 bits per heavy atom. The highest BCUT2D eigenvalue weighted by atomic mass is 79.9. The van der Waals surface area contributed by atoms with E-state index in [4.69, 9.17) is 0 Å². The Balaban J connectivity index is 2.16. The molecule has 21 heavy (non-hydrogen) atoms. The highest BCUT2D eigenvalue weighted by molar-refractivity contribution is 9.10. The monoisotopic (exact) mass is 347 g/mol. The summed E-state index contributed by atoms with van der Waals surface area (Å²) in [5.41, 5.74) is 2.60. The van der Waals surface area contributed by atoms with Crippen LogP contribution in [0.2, 0.25) is 0 Å². The molecule has 0 saturated heterocycles. The number of halogens is 2. The predicted octanol–water partition coefficient (Wildman–Crippen LogP) is 4.01. The van der Waals surface area contributed by atoms with Crippen LogP contribution in [0.1, 0.15) is 31.8 Å². The van der Waals surface area contributed by atoms with Gasteiger partial charge in [-0.1, -0.05) is 11.6 Å². The van der Waals surface area contributed by atoms with Gasteiger partial charge in [0.15, 0.2) is 0 Å². The molecule has 2 aromatic rings. The molecule has 2 aromatic carbocycles. The third-order valence-electron chi connectivity index (χ3n) is 3.52. The fourth-order valence-electron chi connectivity index (χ4n) is 2.45. The molecule has 1 aliphatic heterocycles. The van der Waals surface area contributed by atoms with Crippen LogP contribution in [-0.4, -0.2) is 11.8 Å². The zero-order valence-electron chi connectivity index (χ0n) is 11.4. The Bertz CT molecular complexity index is 801. The molecule has 1 aliphatic rings. The Morgan fingerprint density at radius 2 is 1.67 bits per heavy atom. The quantitative estimate of drug-likeness (QED) is 0.731. The average Bonchev–Trinajstić information content (AvgIpc) is 2.66. The van der Waals surface area contributed by atoms with Gasteiger partial charge in [0, 0.05) is 0 Å². The Labute approximate surface area is 129 Å². The molecule has 1 heterocycles. The molecule has 0 aliphatic carbocycles. The molecule has 0 aromatic heterocycles. The van der Waals surface area contributed by atoms with E-state index in [-0.39, 0.29) is 16.3 Å². The van der Waals surface area contributed by atoms with E-state index in [0.29, 0.717) is 22.4 Å². The molecule has 5 heteroatoms. The van der Waals surface area contributed by atoms with Crippen molar-refractivity contribution in [2.24, 2.45) is 0 Å². The highest BCUT2D eigenvalue weighted by Crippen LogP contribution is 2.33. The van der Waals surface area contributed by atoms with E-state index in [2.05, 4.69) is 15.9 Å². The molecule has 3 nitrogen and oxygen atoms in total. The van der Waals surface area contributed by atoms with E-state index in [0.717, 1.165) is 10.5 Å². The molecule has 0 atom stereocenters. The number of rotatable bonds is 1. The van der Waals surface area contributed by atoms with Gasteiger partial charge in [-0.2, -0.15) is 0 Å². The maximum absolute atomic E-state index is 13.5. The number of fused-ring (bicyclic) bond motifs is 1. The summed E-state index contributed by atoms with van der Waals surface area (Å²) in [6, 6.07) is 7.90. The largest absolute Gasteiger partial charge is 0.268 e. The summed E-state index contributed by atoms with van der Waals surface area (Å²) >= 11 is 3.09. The minimum atomic E-state index is -0.427. The standard InChI is InChI=1S/C16H11BrFNO2/c1-8-3-4-10-11(5-8)16(21)19(15(10)20)14-7-12(17)13(18)6-9(14)2/h3-7H,1-2H3. The van der Waals surface area contributed by atoms with E-state index in [9.17, 15) is 14.0 Å². The average molecular weight is 348 g/mol. The van der Waals surface area contributed by atoms with Gasteiger partial charge in [-0.15, -0.1) is 0 Å². The molecule has 0 saturated carbocycles. The van der Waals surface area contributed by atoms with Crippen molar-refractivity contribution in [1.29, 1.82) is 0 Å². The lowest BCUT2D eigenvalue weighted by Crippen LogP contribution is -2.30. The van der Waals surface area contributed by atoms with Crippen molar-refractivity contribution in [3.8, 4) is 0 Å². The van der Waals surface area contributed by atoms with Gasteiger partial charge >= 0.3 is 0 Å². The molecule has 0 spiro atoms. The molecular weight excluding hydrogens is 337 g/mol. The fraction of sp³-hybridized carbons (Fsp3) is 0.125. The van der Waals surface area contributed by atoms with Gasteiger partial charge in [-0.05, 0) is 59.6 Å². The zero-order valence-corrected chi connectivity index (χ0v) is 13.0. The van der Waals surface area contributed by atoms with Crippen LogP contribution in [0.4, 0.5) is 10.1 Å². The van der Waals surface area contributed by atoms with Crippen LogP contribution in [0.3, 0.4) is 0 Å². The minimum Gasteiger partial charge on any atom is -0.268 e. The van der Waals surface area contributed by atoms with Crippen molar-refractivity contribution in [2.75, 3.05) is 4.90 Å². The van der Waals surface area contributed by atoms with Gasteiger partial charge < -0.3 is 0 Å². The van der Waals surface area contributed by atoms with Crippen molar-refractivity contribution in [1.82, 2.24) is 0 Å². The molecule has 2 amide bonds. The van der Waals surface area contributed by atoms with E-state index >= 15 is 0 Å². The van der Waals surface area contributed by atoms with Crippen molar-refractivity contribution in [3.63, 3.8) is 0 Å². The van der Waals surface area contributed by atoms with Crippen molar-refractivity contribution >= 4 is 33.4 Å².